The van der Waals surface area contributed by atoms with Crippen LogP contribution in [0.2, 0.25) is 0 Å². The second kappa shape index (κ2) is 3.15. The van der Waals surface area contributed by atoms with Crippen LogP contribution in [0.4, 0.5) is 0 Å². The van der Waals surface area contributed by atoms with Gasteiger partial charge in [0.05, 0.1) is 5.92 Å². The summed E-state index contributed by atoms with van der Waals surface area (Å²) in [5, 5.41) is 9.45. The Hall–Kier alpha value is -0.790. The summed E-state index contributed by atoms with van der Waals surface area (Å²) in [6.45, 7) is 8.96. The van der Waals surface area contributed by atoms with E-state index in [-0.39, 0.29) is 16.7 Å². The number of carbonyl (C=O) groups is 1. The Bertz CT molecular complexity index is 396. The average molecular weight is 234 g/mol. The summed E-state index contributed by atoms with van der Waals surface area (Å²) in [4.78, 5) is 11.5. The van der Waals surface area contributed by atoms with Gasteiger partial charge in [0.2, 0.25) is 0 Å². The highest BCUT2D eigenvalue weighted by Gasteiger charge is 2.63. The molecule has 94 valence electrons. The zero-order valence-corrected chi connectivity index (χ0v) is 10.8. The first-order valence-corrected chi connectivity index (χ1v) is 6.81. The molecule has 0 saturated heterocycles. The van der Waals surface area contributed by atoms with Crippen LogP contribution in [0.5, 0.6) is 0 Å². The third-order valence-corrected chi connectivity index (χ3v) is 6.28. The monoisotopic (exact) mass is 234 g/mol. The van der Waals surface area contributed by atoms with E-state index in [4.69, 9.17) is 0 Å². The number of allylic oxidation sites excluding steroid dienone is 1. The van der Waals surface area contributed by atoms with Crippen molar-refractivity contribution in [3.8, 4) is 0 Å². The van der Waals surface area contributed by atoms with E-state index in [2.05, 4.69) is 20.4 Å². The number of hydrogen-bond donors (Lipinski definition) is 1. The van der Waals surface area contributed by atoms with Gasteiger partial charge in [0, 0.05) is 0 Å². The van der Waals surface area contributed by atoms with Crippen LogP contribution in [-0.2, 0) is 4.79 Å². The molecule has 4 atom stereocenters. The number of fused-ring (bicyclic) bond motifs is 1. The maximum Gasteiger partial charge on any atom is 0.307 e. The predicted octanol–water partition coefficient (Wildman–Crippen LogP) is 3.48. The van der Waals surface area contributed by atoms with Crippen LogP contribution in [0, 0.1) is 28.6 Å². The van der Waals surface area contributed by atoms with E-state index < -0.39 is 5.97 Å². The first kappa shape index (κ1) is 11.3. The highest BCUT2D eigenvalue weighted by atomic mass is 16.4. The largest absolute Gasteiger partial charge is 0.481 e. The Morgan fingerprint density at radius 1 is 1.35 bits per heavy atom. The first-order valence-electron chi connectivity index (χ1n) is 6.81. The molecular weight excluding hydrogens is 212 g/mol. The van der Waals surface area contributed by atoms with Gasteiger partial charge in [-0.3, -0.25) is 4.79 Å². The molecule has 2 heteroatoms. The standard InChI is InChI=1S/C15H22O2/c1-9-11-4-5-12(13(16)17)15(11)7-6-10(8-15)14(9,2)3/h10-12H,1,4-8H2,2-3H3,(H,16,17)/t10?,11-,12-,15-/m1/s1. The zero-order valence-electron chi connectivity index (χ0n) is 10.8. The smallest absolute Gasteiger partial charge is 0.307 e. The zero-order chi connectivity index (χ0) is 12.4. The second-order valence-corrected chi connectivity index (χ2v) is 6.94. The summed E-state index contributed by atoms with van der Waals surface area (Å²) in [7, 11) is 0. The fourth-order valence-electron chi connectivity index (χ4n) is 5.11. The Morgan fingerprint density at radius 3 is 2.71 bits per heavy atom. The molecule has 0 amide bonds. The number of rotatable bonds is 1. The third kappa shape index (κ3) is 1.19. The van der Waals surface area contributed by atoms with Crippen molar-refractivity contribution in [1.29, 1.82) is 0 Å². The van der Waals surface area contributed by atoms with Crippen molar-refractivity contribution in [3.63, 3.8) is 0 Å². The lowest BCUT2D eigenvalue weighted by Crippen LogP contribution is -2.42. The molecule has 0 radical (unpaired) electrons. The Kier molecular flexibility index (Phi) is 2.10. The van der Waals surface area contributed by atoms with Crippen LogP contribution in [0.1, 0.15) is 46.0 Å². The Morgan fingerprint density at radius 2 is 2.06 bits per heavy atom. The van der Waals surface area contributed by atoms with Crippen LogP contribution in [0.25, 0.3) is 0 Å². The number of hydrogen-bond acceptors (Lipinski definition) is 1. The molecule has 3 fully saturated rings. The van der Waals surface area contributed by atoms with Crippen molar-refractivity contribution in [1.82, 2.24) is 0 Å². The molecule has 3 rings (SSSR count). The topological polar surface area (TPSA) is 37.3 Å². The van der Waals surface area contributed by atoms with Gasteiger partial charge in [-0.05, 0) is 54.8 Å². The van der Waals surface area contributed by atoms with Crippen LogP contribution in [0.3, 0.4) is 0 Å². The van der Waals surface area contributed by atoms with E-state index in [1.807, 2.05) is 0 Å². The molecule has 0 aliphatic heterocycles. The molecular formula is C15H22O2. The third-order valence-electron chi connectivity index (χ3n) is 6.28. The molecule has 0 heterocycles. The molecule has 0 aromatic carbocycles. The molecule has 2 nitrogen and oxygen atoms in total. The van der Waals surface area contributed by atoms with Gasteiger partial charge in [-0.25, -0.2) is 0 Å². The molecule has 1 spiro atoms. The van der Waals surface area contributed by atoms with Gasteiger partial charge in [0.25, 0.3) is 0 Å². The van der Waals surface area contributed by atoms with Gasteiger partial charge >= 0.3 is 5.97 Å². The normalized spacial score (nSPS) is 46.9. The lowest BCUT2D eigenvalue weighted by atomic mass is 9.56. The number of aliphatic carboxylic acids is 1. The molecule has 0 aromatic rings. The van der Waals surface area contributed by atoms with Gasteiger partial charge in [0.1, 0.15) is 0 Å². The van der Waals surface area contributed by atoms with Crippen molar-refractivity contribution in [2.45, 2.75) is 46.0 Å². The minimum atomic E-state index is -0.569. The highest BCUT2D eigenvalue weighted by Crippen LogP contribution is 2.70. The van der Waals surface area contributed by atoms with Gasteiger partial charge in [-0.15, -0.1) is 0 Å². The minimum Gasteiger partial charge on any atom is -0.481 e. The highest BCUT2D eigenvalue weighted by molar-refractivity contribution is 5.72. The predicted molar refractivity (Wildman–Crippen MR) is 66.5 cm³/mol. The summed E-state index contributed by atoms with van der Waals surface area (Å²) in [5.41, 5.74) is 1.64. The lowest BCUT2D eigenvalue weighted by Gasteiger charge is -2.48. The van der Waals surface area contributed by atoms with E-state index >= 15 is 0 Å². The Balaban J connectivity index is 2.05. The van der Waals surface area contributed by atoms with Gasteiger partial charge in [-0.1, -0.05) is 26.0 Å². The average Bonchev–Trinajstić information content (AvgIpc) is 2.81. The fraction of sp³-hybridized carbons (Fsp3) is 0.800. The maximum atomic E-state index is 11.5. The first-order chi connectivity index (χ1) is 7.89. The summed E-state index contributed by atoms with van der Waals surface area (Å²) >= 11 is 0. The molecule has 2 bridgehead atoms. The SMILES string of the molecule is C=C1[C@H]2CC[C@H](C(=O)O)[C@@]23CCC(C3)C1(C)C. The summed E-state index contributed by atoms with van der Waals surface area (Å²) < 4.78 is 0. The minimum absolute atomic E-state index is 0.0725. The van der Waals surface area contributed by atoms with Gasteiger partial charge in [-0.2, -0.15) is 0 Å². The van der Waals surface area contributed by atoms with E-state index in [0.29, 0.717) is 11.8 Å². The molecule has 1 unspecified atom stereocenters. The van der Waals surface area contributed by atoms with Crippen molar-refractivity contribution < 1.29 is 9.90 Å². The van der Waals surface area contributed by atoms with E-state index in [0.717, 1.165) is 25.7 Å². The van der Waals surface area contributed by atoms with Gasteiger partial charge < -0.3 is 5.11 Å². The number of carboxylic acid groups (broad SMARTS) is 1. The van der Waals surface area contributed by atoms with Crippen LogP contribution in [0.15, 0.2) is 12.2 Å². The molecule has 0 aromatic heterocycles. The molecule has 17 heavy (non-hydrogen) atoms. The van der Waals surface area contributed by atoms with Crippen LogP contribution in [-0.4, -0.2) is 11.1 Å². The Labute approximate surface area is 103 Å². The van der Waals surface area contributed by atoms with Crippen molar-refractivity contribution in [2.75, 3.05) is 0 Å². The van der Waals surface area contributed by atoms with Crippen LogP contribution < -0.4 is 0 Å². The van der Waals surface area contributed by atoms with Gasteiger partial charge in [0.15, 0.2) is 0 Å². The summed E-state index contributed by atoms with van der Waals surface area (Å²) in [6, 6.07) is 0. The van der Waals surface area contributed by atoms with E-state index in [9.17, 15) is 9.90 Å². The summed E-state index contributed by atoms with van der Waals surface area (Å²) in [5.74, 6) is 0.453. The number of carboxylic acids is 1. The van der Waals surface area contributed by atoms with Crippen LogP contribution >= 0.6 is 0 Å². The van der Waals surface area contributed by atoms with E-state index in [1.165, 1.54) is 12.0 Å². The van der Waals surface area contributed by atoms with Crippen molar-refractivity contribution in [2.24, 2.45) is 28.6 Å². The summed E-state index contributed by atoms with van der Waals surface area (Å²) in [6.07, 6.45) is 5.35. The maximum absolute atomic E-state index is 11.5. The molecule has 3 saturated carbocycles. The second-order valence-electron chi connectivity index (χ2n) is 6.94. The molecule has 1 N–H and O–H groups in total. The van der Waals surface area contributed by atoms with Crippen molar-refractivity contribution >= 4 is 5.97 Å². The molecule has 3 aliphatic rings. The molecule has 3 aliphatic carbocycles. The fourth-order valence-corrected chi connectivity index (χ4v) is 5.11. The van der Waals surface area contributed by atoms with E-state index in [1.54, 1.807) is 0 Å². The quantitative estimate of drug-likeness (QED) is 0.705. The van der Waals surface area contributed by atoms with Crippen molar-refractivity contribution in [3.05, 3.63) is 12.2 Å². The lowest BCUT2D eigenvalue weighted by molar-refractivity contribution is -0.146.